The third kappa shape index (κ3) is 7.98. The van der Waals surface area contributed by atoms with Gasteiger partial charge in [0.25, 0.3) is 0 Å². The maximum absolute atomic E-state index is 14.4. The van der Waals surface area contributed by atoms with Crippen molar-refractivity contribution in [1.29, 1.82) is 0 Å². The molecule has 0 radical (unpaired) electrons. The molecule has 0 unspecified atom stereocenters. The number of aliphatic hydroxyl groups excluding tert-OH is 1. The van der Waals surface area contributed by atoms with E-state index in [9.17, 15) is 24.3 Å². The zero-order chi connectivity index (χ0) is 40.1. The molecule has 308 valence electrons. The maximum Gasteiger partial charge on any atom is 0.509 e. The Bertz CT molecular complexity index is 1400. The van der Waals surface area contributed by atoms with Crippen LogP contribution < -0.4 is 5.32 Å². The molecule has 16 heteroatoms. The first-order chi connectivity index (χ1) is 25.2. The van der Waals surface area contributed by atoms with Gasteiger partial charge in [-0.05, 0) is 60.8 Å². The Morgan fingerprint density at radius 1 is 0.852 bits per heavy atom. The summed E-state index contributed by atoms with van der Waals surface area (Å²) in [5, 5.41) is 13.8. The molecule has 0 aliphatic carbocycles. The predicted molar refractivity (Wildman–Crippen MR) is 188 cm³/mol. The van der Waals surface area contributed by atoms with Crippen LogP contribution in [0.4, 0.5) is 9.59 Å². The molecule has 5 aliphatic heterocycles. The molecule has 5 heterocycles. The fourth-order valence-electron chi connectivity index (χ4n) is 9.29. The largest absolute Gasteiger partial charge is 0.509 e. The van der Waals surface area contributed by atoms with Crippen LogP contribution >= 0.6 is 0 Å². The number of fused-ring (bicyclic) bond motifs is 2. The van der Waals surface area contributed by atoms with Crippen molar-refractivity contribution in [2.45, 2.75) is 179 Å². The SMILES string of the molecule is CC[C@H]1OC(=O)[C@H](C)[C@@H](O[C@H]2C[C@@](C)(OC)[C@@H](O)[C@H](C)O2)[C@H](C)[C@@H](O[C@@H]2O[C@H](C)C[C@@H]3NC(=O)O[C@@H]23)[C@](C)(OC)C[C@@H](C)C(=O)[C@H](C)[C@H]2OC(=O)O[C@@]21C. The van der Waals surface area contributed by atoms with E-state index in [2.05, 4.69) is 5.32 Å². The van der Waals surface area contributed by atoms with Crippen LogP contribution in [0.25, 0.3) is 0 Å². The van der Waals surface area contributed by atoms with Crippen LogP contribution in [-0.4, -0.2) is 128 Å². The Balaban J connectivity index is 1.62. The Kier molecular flexibility index (Phi) is 12.7. The van der Waals surface area contributed by atoms with Gasteiger partial charge in [-0.3, -0.25) is 9.59 Å². The van der Waals surface area contributed by atoms with Crippen LogP contribution in [0.5, 0.6) is 0 Å². The van der Waals surface area contributed by atoms with Gasteiger partial charge in [-0.1, -0.05) is 27.7 Å². The van der Waals surface area contributed by atoms with Gasteiger partial charge in [0.05, 0.1) is 53.5 Å². The Morgan fingerprint density at radius 2 is 1.52 bits per heavy atom. The van der Waals surface area contributed by atoms with Gasteiger partial charge in [0, 0.05) is 32.5 Å². The van der Waals surface area contributed by atoms with Crippen LogP contribution in [0.1, 0.15) is 94.9 Å². The highest BCUT2D eigenvalue weighted by molar-refractivity contribution is 5.84. The molecule has 0 aromatic heterocycles. The smallest absolute Gasteiger partial charge is 0.458 e. The molecule has 5 rings (SSSR count). The third-order valence-electron chi connectivity index (χ3n) is 12.6. The summed E-state index contributed by atoms with van der Waals surface area (Å²) in [5.41, 5.74) is -3.77. The van der Waals surface area contributed by atoms with Crippen molar-refractivity contribution in [3.8, 4) is 0 Å². The molecule has 0 aromatic rings. The molecule has 0 spiro atoms. The monoisotopic (exact) mass is 771 g/mol. The zero-order valence-corrected chi connectivity index (χ0v) is 33.7. The van der Waals surface area contributed by atoms with Crippen molar-refractivity contribution in [2.75, 3.05) is 14.2 Å². The highest BCUT2D eigenvalue weighted by Crippen LogP contribution is 2.44. The standard InChI is InChI=1S/C38H61NO15/c1-13-24-38(10)31(53-35(44)54-38)19(4)26(40)17(2)15-37(9,46-12)30(52-33-28-23(14-18(3)47-33)39-34(43)51-28)20(5)27(21(6)32(42)49-24)50-25-16-36(8,45-11)29(41)22(7)48-25/h17-25,27-31,33,41H,13-16H2,1-12H3,(H,39,43)/t17-,18-,19+,20+,21-,22+,23+,24-,25+,27+,28-,29+,30-,31-,33+,36-,37-,38-/m1/s1. The van der Waals surface area contributed by atoms with Crippen LogP contribution in [0.2, 0.25) is 0 Å². The second-order valence-electron chi connectivity index (χ2n) is 16.6. The first-order valence-electron chi connectivity index (χ1n) is 19.2. The molecule has 5 fully saturated rings. The first kappa shape index (κ1) is 42.5. The Labute approximate surface area is 317 Å². The number of nitrogens with one attached hydrogen (secondary N) is 1. The lowest BCUT2D eigenvalue weighted by molar-refractivity contribution is -0.314. The summed E-state index contributed by atoms with van der Waals surface area (Å²) in [6.07, 6.45) is -9.32. The molecule has 1 amide bonds. The van der Waals surface area contributed by atoms with Gasteiger partial charge < -0.3 is 57.8 Å². The highest BCUT2D eigenvalue weighted by Gasteiger charge is 2.60. The normalized spacial score (nSPS) is 49.0. The number of ether oxygens (including phenoxy) is 10. The lowest BCUT2D eigenvalue weighted by atomic mass is 9.74. The molecule has 54 heavy (non-hydrogen) atoms. The number of esters is 1. The summed E-state index contributed by atoms with van der Waals surface area (Å²) >= 11 is 0. The van der Waals surface area contributed by atoms with Crippen molar-refractivity contribution < 1.29 is 71.7 Å². The minimum atomic E-state index is -1.48. The van der Waals surface area contributed by atoms with Crippen LogP contribution in [0.3, 0.4) is 0 Å². The van der Waals surface area contributed by atoms with E-state index in [1.165, 1.54) is 14.2 Å². The Morgan fingerprint density at radius 3 is 2.15 bits per heavy atom. The van der Waals surface area contributed by atoms with Gasteiger partial charge in [-0.2, -0.15) is 0 Å². The van der Waals surface area contributed by atoms with E-state index in [1.54, 1.807) is 48.5 Å². The van der Waals surface area contributed by atoms with Gasteiger partial charge in [-0.25, -0.2) is 9.59 Å². The number of cyclic esters (lactones) is 1. The number of hydrogen-bond donors (Lipinski definition) is 2. The zero-order valence-electron chi connectivity index (χ0n) is 33.7. The minimum absolute atomic E-state index is 0.121. The molecule has 5 aliphatic rings. The average molecular weight is 772 g/mol. The number of hydrogen-bond acceptors (Lipinski definition) is 15. The molecule has 0 bridgehead atoms. The number of amides is 1. The molecular weight excluding hydrogens is 710 g/mol. The van der Waals surface area contributed by atoms with Crippen molar-refractivity contribution in [3.63, 3.8) is 0 Å². The van der Waals surface area contributed by atoms with E-state index >= 15 is 0 Å². The van der Waals surface area contributed by atoms with Gasteiger partial charge in [0.1, 0.15) is 18.0 Å². The van der Waals surface area contributed by atoms with E-state index in [0.717, 1.165) is 0 Å². The molecular formula is C38H61NO15. The topological polar surface area (TPSA) is 193 Å². The molecule has 0 aromatic carbocycles. The summed E-state index contributed by atoms with van der Waals surface area (Å²) in [6, 6.07) is -0.372. The van der Waals surface area contributed by atoms with Crippen molar-refractivity contribution in [1.82, 2.24) is 5.32 Å². The third-order valence-corrected chi connectivity index (χ3v) is 12.6. The van der Waals surface area contributed by atoms with Crippen molar-refractivity contribution in [3.05, 3.63) is 0 Å². The summed E-state index contributed by atoms with van der Waals surface area (Å²) in [6.45, 7) is 17.5. The summed E-state index contributed by atoms with van der Waals surface area (Å²) in [5.74, 6) is -4.12. The molecule has 16 nitrogen and oxygen atoms in total. The predicted octanol–water partition coefficient (Wildman–Crippen LogP) is 3.81. The number of alkyl carbamates (subject to hydrolysis) is 1. The molecule has 5 saturated heterocycles. The van der Waals surface area contributed by atoms with E-state index in [1.807, 2.05) is 20.8 Å². The number of aliphatic hydroxyl groups is 1. The average Bonchev–Trinajstić information content (AvgIpc) is 3.65. The van der Waals surface area contributed by atoms with Crippen molar-refractivity contribution >= 4 is 24.0 Å². The van der Waals surface area contributed by atoms with Crippen LogP contribution in [-0.2, 0) is 57.0 Å². The van der Waals surface area contributed by atoms with Gasteiger partial charge in [0.2, 0.25) is 0 Å². The number of ketones is 1. The maximum atomic E-state index is 14.4. The van der Waals surface area contributed by atoms with Crippen molar-refractivity contribution in [2.24, 2.45) is 23.7 Å². The van der Waals surface area contributed by atoms with E-state index in [0.29, 0.717) is 6.42 Å². The number of rotatable bonds is 7. The minimum Gasteiger partial charge on any atom is -0.458 e. The highest BCUT2D eigenvalue weighted by atomic mass is 16.8. The fraction of sp³-hybridized carbons (Fsp3) is 0.895. The second kappa shape index (κ2) is 16.1. The summed E-state index contributed by atoms with van der Waals surface area (Å²) in [7, 11) is 3.01. The van der Waals surface area contributed by atoms with Gasteiger partial charge >= 0.3 is 18.2 Å². The second-order valence-corrected chi connectivity index (χ2v) is 16.6. The van der Waals surface area contributed by atoms with E-state index in [4.69, 9.17) is 47.4 Å². The fourth-order valence-corrected chi connectivity index (χ4v) is 9.29. The number of carbonyl (C=O) groups excluding carboxylic acids is 4. The lowest BCUT2D eigenvalue weighted by Gasteiger charge is -2.49. The van der Waals surface area contributed by atoms with E-state index in [-0.39, 0.29) is 37.2 Å². The van der Waals surface area contributed by atoms with E-state index < -0.39 is 114 Å². The van der Waals surface area contributed by atoms with Crippen LogP contribution in [0, 0.1) is 23.7 Å². The molecule has 2 N–H and O–H groups in total. The molecule has 18 atom stereocenters. The molecule has 0 saturated carbocycles. The quantitative estimate of drug-likeness (QED) is 0.280. The lowest BCUT2D eigenvalue weighted by Crippen LogP contribution is -2.60. The number of methoxy groups -OCH3 is 2. The number of Topliss-reactive ketones (excluding diaryl/α,β-unsaturated/α-hetero) is 1. The van der Waals surface area contributed by atoms with Gasteiger partial charge in [-0.15, -0.1) is 0 Å². The van der Waals surface area contributed by atoms with Crippen LogP contribution in [0.15, 0.2) is 0 Å². The summed E-state index contributed by atoms with van der Waals surface area (Å²) < 4.78 is 61.4. The summed E-state index contributed by atoms with van der Waals surface area (Å²) in [4.78, 5) is 53.8. The first-order valence-corrected chi connectivity index (χ1v) is 19.2. The van der Waals surface area contributed by atoms with Gasteiger partial charge in [0.15, 0.2) is 30.4 Å². The number of carbonyl (C=O) groups is 4. The Hall–Kier alpha value is -2.60.